The van der Waals surface area contributed by atoms with Crippen LogP contribution in [0.25, 0.3) is 0 Å². The first-order valence-corrected chi connectivity index (χ1v) is 2.86. The minimum absolute atomic E-state index is 0.0370. The van der Waals surface area contributed by atoms with E-state index in [0.717, 1.165) is 6.42 Å². The van der Waals surface area contributed by atoms with E-state index in [9.17, 15) is 0 Å². The fourth-order valence-corrected chi connectivity index (χ4v) is 0.598. The summed E-state index contributed by atoms with van der Waals surface area (Å²) in [4.78, 5) is 0. The third-order valence-corrected chi connectivity index (χ3v) is 1.24. The molecular weight excluding hydrogens is 104 g/mol. The van der Waals surface area contributed by atoms with Crippen molar-refractivity contribution in [3.8, 4) is 0 Å². The fraction of sp³-hybridized carbons (Fsp3) is 1.00. The molecule has 0 fully saturated rings. The molecule has 0 aromatic heterocycles. The van der Waals surface area contributed by atoms with Crippen molar-refractivity contribution in [3.63, 3.8) is 0 Å². The molecule has 0 bridgehead atoms. The van der Waals surface area contributed by atoms with Crippen LogP contribution < -0.4 is 11.3 Å². The van der Waals surface area contributed by atoms with E-state index >= 15 is 0 Å². The van der Waals surface area contributed by atoms with Crippen molar-refractivity contribution >= 4 is 0 Å². The van der Waals surface area contributed by atoms with Gasteiger partial charge in [-0.2, -0.15) is 0 Å². The number of hydrogen-bond donors (Lipinski definition) is 3. The molecular formula is C5H14N2O. The predicted octanol–water partition coefficient (Wildman–Crippen LogP) is -0.391. The van der Waals surface area contributed by atoms with Gasteiger partial charge < -0.3 is 5.11 Å². The van der Waals surface area contributed by atoms with Crippen LogP contribution in [-0.4, -0.2) is 17.3 Å². The lowest BCUT2D eigenvalue weighted by Crippen LogP contribution is -2.42. The highest BCUT2D eigenvalue weighted by molar-refractivity contribution is 4.65. The van der Waals surface area contributed by atoms with Crippen molar-refractivity contribution in [1.29, 1.82) is 0 Å². The van der Waals surface area contributed by atoms with Crippen LogP contribution >= 0.6 is 0 Å². The zero-order valence-corrected chi connectivity index (χ0v) is 5.39. The van der Waals surface area contributed by atoms with E-state index in [4.69, 9.17) is 10.9 Å². The lowest BCUT2D eigenvalue weighted by Gasteiger charge is -2.15. The summed E-state index contributed by atoms with van der Waals surface area (Å²) >= 11 is 0. The molecule has 50 valence electrons. The van der Waals surface area contributed by atoms with Crippen molar-refractivity contribution in [3.05, 3.63) is 0 Å². The highest BCUT2D eigenvalue weighted by Crippen LogP contribution is 1.93. The first kappa shape index (κ1) is 7.88. The lowest BCUT2D eigenvalue weighted by atomic mass is 10.1. The SMILES string of the molecule is CC[C@H](NN)[C@H](C)O. The number of aliphatic hydroxyl groups excluding tert-OH is 1. The normalized spacial score (nSPS) is 18.0. The number of aliphatic hydroxyl groups is 1. The van der Waals surface area contributed by atoms with Crippen LogP contribution in [0.15, 0.2) is 0 Å². The molecule has 2 atom stereocenters. The zero-order valence-electron chi connectivity index (χ0n) is 5.39. The summed E-state index contributed by atoms with van der Waals surface area (Å²) in [6, 6.07) is 0.0370. The lowest BCUT2D eigenvalue weighted by molar-refractivity contribution is 0.143. The molecule has 4 N–H and O–H groups in total. The summed E-state index contributed by atoms with van der Waals surface area (Å²) in [6.07, 6.45) is 0.499. The van der Waals surface area contributed by atoms with Gasteiger partial charge in [0.1, 0.15) is 0 Å². The molecule has 0 unspecified atom stereocenters. The van der Waals surface area contributed by atoms with Crippen LogP contribution in [0.1, 0.15) is 20.3 Å². The Bertz CT molecular complexity index is 52.4. The first-order chi connectivity index (χ1) is 3.72. The second kappa shape index (κ2) is 3.83. The van der Waals surface area contributed by atoms with E-state index in [1.807, 2.05) is 6.92 Å². The monoisotopic (exact) mass is 118 g/mol. The van der Waals surface area contributed by atoms with E-state index in [1.54, 1.807) is 6.92 Å². The van der Waals surface area contributed by atoms with Crippen LogP contribution in [0.2, 0.25) is 0 Å². The molecule has 0 aromatic carbocycles. The van der Waals surface area contributed by atoms with Gasteiger partial charge in [0.05, 0.1) is 6.10 Å². The third kappa shape index (κ3) is 2.26. The van der Waals surface area contributed by atoms with Crippen molar-refractivity contribution in [2.75, 3.05) is 0 Å². The van der Waals surface area contributed by atoms with Gasteiger partial charge in [-0.15, -0.1) is 0 Å². The van der Waals surface area contributed by atoms with Gasteiger partial charge in [0.2, 0.25) is 0 Å². The van der Waals surface area contributed by atoms with E-state index in [-0.39, 0.29) is 12.1 Å². The summed E-state index contributed by atoms with van der Waals surface area (Å²) < 4.78 is 0. The Labute approximate surface area is 49.9 Å². The second-order valence-electron chi connectivity index (χ2n) is 1.92. The molecule has 0 rings (SSSR count). The summed E-state index contributed by atoms with van der Waals surface area (Å²) in [5.41, 5.74) is 2.50. The summed E-state index contributed by atoms with van der Waals surface area (Å²) in [5, 5.41) is 8.87. The molecule has 0 spiro atoms. The van der Waals surface area contributed by atoms with Crippen LogP contribution in [0.4, 0.5) is 0 Å². The van der Waals surface area contributed by atoms with Gasteiger partial charge in [0.25, 0.3) is 0 Å². The Morgan fingerprint density at radius 3 is 2.25 bits per heavy atom. The van der Waals surface area contributed by atoms with Crippen molar-refractivity contribution in [1.82, 2.24) is 5.43 Å². The van der Waals surface area contributed by atoms with Crippen LogP contribution in [0.5, 0.6) is 0 Å². The molecule has 0 heterocycles. The topological polar surface area (TPSA) is 58.3 Å². The Kier molecular flexibility index (Phi) is 3.77. The third-order valence-electron chi connectivity index (χ3n) is 1.24. The van der Waals surface area contributed by atoms with Crippen molar-refractivity contribution < 1.29 is 5.11 Å². The minimum Gasteiger partial charge on any atom is -0.392 e. The van der Waals surface area contributed by atoms with Crippen molar-refractivity contribution in [2.45, 2.75) is 32.4 Å². The molecule has 3 nitrogen and oxygen atoms in total. The van der Waals surface area contributed by atoms with Crippen LogP contribution in [-0.2, 0) is 0 Å². The molecule has 0 saturated carbocycles. The minimum atomic E-state index is -0.356. The second-order valence-corrected chi connectivity index (χ2v) is 1.92. The standard InChI is InChI=1S/C5H14N2O/c1-3-5(7-6)4(2)8/h4-5,7-8H,3,6H2,1-2H3/t4-,5-/m0/s1. The maximum atomic E-state index is 8.87. The van der Waals surface area contributed by atoms with Gasteiger partial charge in [0, 0.05) is 6.04 Å². The summed E-state index contributed by atoms with van der Waals surface area (Å²) in [7, 11) is 0. The molecule has 3 heteroatoms. The molecule has 0 amide bonds. The molecule has 0 aliphatic heterocycles. The van der Waals surface area contributed by atoms with E-state index in [2.05, 4.69) is 5.43 Å². The van der Waals surface area contributed by atoms with Gasteiger partial charge in [-0.1, -0.05) is 6.92 Å². The average molecular weight is 118 g/mol. The molecule has 0 aliphatic carbocycles. The van der Waals surface area contributed by atoms with Gasteiger partial charge in [0.15, 0.2) is 0 Å². The van der Waals surface area contributed by atoms with Crippen LogP contribution in [0, 0.1) is 0 Å². The highest BCUT2D eigenvalue weighted by atomic mass is 16.3. The molecule has 0 radical (unpaired) electrons. The smallest absolute Gasteiger partial charge is 0.0678 e. The first-order valence-electron chi connectivity index (χ1n) is 2.86. The Morgan fingerprint density at radius 2 is 2.25 bits per heavy atom. The number of hydrazine groups is 1. The number of hydrogen-bond acceptors (Lipinski definition) is 3. The molecule has 0 aromatic rings. The summed E-state index contributed by atoms with van der Waals surface area (Å²) in [5.74, 6) is 5.07. The van der Waals surface area contributed by atoms with Crippen molar-refractivity contribution in [2.24, 2.45) is 5.84 Å². The van der Waals surface area contributed by atoms with Gasteiger partial charge in [-0.05, 0) is 13.3 Å². The van der Waals surface area contributed by atoms with E-state index < -0.39 is 0 Å². The largest absolute Gasteiger partial charge is 0.392 e. The Hall–Kier alpha value is -0.120. The number of rotatable bonds is 3. The van der Waals surface area contributed by atoms with Gasteiger partial charge >= 0.3 is 0 Å². The zero-order chi connectivity index (χ0) is 6.57. The van der Waals surface area contributed by atoms with E-state index in [0.29, 0.717) is 0 Å². The van der Waals surface area contributed by atoms with Crippen LogP contribution in [0.3, 0.4) is 0 Å². The molecule has 0 aliphatic rings. The molecule has 0 saturated heterocycles. The summed E-state index contributed by atoms with van der Waals surface area (Å²) in [6.45, 7) is 3.69. The van der Waals surface area contributed by atoms with Gasteiger partial charge in [-0.3, -0.25) is 11.3 Å². The maximum Gasteiger partial charge on any atom is 0.0678 e. The quantitative estimate of drug-likeness (QED) is 0.349. The fourth-order valence-electron chi connectivity index (χ4n) is 0.598. The number of nitrogens with two attached hydrogens (primary N) is 1. The predicted molar refractivity (Wildman–Crippen MR) is 33.1 cm³/mol. The Balaban J connectivity index is 3.35. The number of nitrogens with one attached hydrogen (secondary N) is 1. The average Bonchev–Trinajstić information content (AvgIpc) is 1.69. The van der Waals surface area contributed by atoms with E-state index in [1.165, 1.54) is 0 Å². The maximum absolute atomic E-state index is 8.87. The highest BCUT2D eigenvalue weighted by Gasteiger charge is 2.08. The van der Waals surface area contributed by atoms with Gasteiger partial charge in [-0.25, -0.2) is 0 Å². The molecule has 8 heavy (non-hydrogen) atoms. The Morgan fingerprint density at radius 1 is 1.75 bits per heavy atom.